The predicted octanol–water partition coefficient (Wildman–Crippen LogP) is 3.65. The van der Waals surface area contributed by atoms with E-state index in [0.717, 1.165) is 11.3 Å². The molecule has 1 atom stereocenters. The van der Waals surface area contributed by atoms with E-state index in [2.05, 4.69) is 32.0 Å². The normalized spacial score (nSPS) is 12.2. The summed E-state index contributed by atoms with van der Waals surface area (Å²) in [5.74, 6) is 0. The first-order valence-corrected chi connectivity index (χ1v) is 6.98. The highest BCUT2D eigenvalue weighted by Gasteiger charge is 2.10. The van der Waals surface area contributed by atoms with Gasteiger partial charge < -0.3 is 10.0 Å². The molecule has 0 spiro atoms. The van der Waals surface area contributed by atoms with Crippen molar-refractivity contribution in [2.75, 3.05) is 19.0 Å². The van der Waals surface area contributed by atoms with Crippen molar-refractivity contribution in [3.63, 3.8) is 0 Å². The van der Waals surface area contributed by atoms with Gasteiger partial charge in [0.2, 0.25) is 0 Å². The van der Waals surface area contributed by atoms with Gasteiger partial charge in [-0.3, -0.25) is 0 Å². The van der Waals surface area contributed by atoms with Crippen molar-refractivity contribution in [3.05, 3.63) is 64.7 Å². The molecule has 0 amide bonds. The van der Waals surface area contributed by atoms with E-state index >= 15 is 0 Å². The van der Waals surface area contributed by atoms with Gasteiger partial charge in [0.05, 0.1) is 6.10 Å². The van der Waals surface area contributed by atoms with Crippen LogP contribution in [0.15, 0.2) is 42.5 Å². The van der Waals surface area contributed by atoms with Crippen molar-refractivity contribution in [1.29, 1.82) is 0 Å². The average molecular weight is 269 g/mol. The Kier molecular flexibility index (Phi) is 4.46. The van der Waals surface area contributed by atoms with Gasteiger partial charge in [-0.2, -0.15) is 0 Å². The molecule has 0 fully saturated rings. The van der Waals surface area contributed by atoms with Crippen molar-refractivity contribution < 1.29 is 5.11 Å². The minimum Gasteiger partial charge on any atom is -0.388 e. The van der Waals surface area contributed by atoms with Gasteiger partial charge in [-0.1, -0.05) is 41.5 Å². The zero-order valence-electron chi connectivity index (χ0n) is 12.7. The smallest absolute Gasteiger partial charge is 0.0831 e. The third kappa shape index (κ3) is 3.61. The van der Waals surface area contributed by atoms with Gasteiger partial charge in [-0.25, -0.2) is 0 Å². The molecular formula is C18H23NO. The SMILES string of the molecule is Cc1cc(C)cc(CC(O)c2cccc(N(C)C)c2)c1. The number of hydrogen-bond acceptors (Lipinski definition) is 2. The molecule has 106 valence electrons. The molecule has 0 heterocycles. The number of rotatable bonds is 4. The van der Waals surface area contributed by atoms with Crippen LogP contribution in [0.3, 0.4) is 0 Å². The van der Waals surface area contributed by atoms with Crippen LogP contribution in [-0.2, 0) is 6.42 Å². The van der Waals surface area contributed by atoms with E-state index < -0.39 is 6.10 Å². The number of hydrogen-bond donors (Lipinski definition) is 1. The maximum atomic E-state index is 10.4. The van der Waals surface area contributed by atoms with Gasteiger partial charge in [0.25, 0.3) is 0 Å². The Balaban J connectivity index is 2.19. The molecule has 1 unspecified atom stereocenters. The standard InChI is InChI=1S/C18H23NO/c1-13-8-14(2)10-15(9-13)11-18(20)16-6-5-7-17(12-16)19(3)4/h5-10,12,18,20H,11H2,1-4H3. The van der Waals surface area contributed by atoms with Crippen LogP contribution in [0.5, 0.6) is 0 Å². The van der Waals surface area contributed by atoms with E-state index in [0.29, 0.717) is 6.42 Å². The summed E-state index contributed by atoms with van der Waals surface area (Å²) in [6.45, 7) is 4.19. The van der Waals surface area contributed by atoms with Gasteiger partial charge in [-0.05, 0) is 37.1 Å². The van der Waals surface area contributed by atoms with Crippen LogP contribution in [-0.4, -0.2) is 19.2 Å². The van der Waals surface area contributed by atoms with Gasteiger partial charge in [0.1, 0.15) is 0 Å². The van der Waals surface area contributed by atoms with Crippen molar-refractivity contribution >= 4 is 5.69 Å². The molecule has 0 bridgehead atoms. The fraction of sp³-hybridized carbons (Fsp3) is 0.333. The summed E-state index contributed by atoms with van der Waals surface area (Å²) < 4.78 is 0. The lowest BCUT2D eigenvalue weighted by Gasteiger charge is -2.17. The van der Waals surface area contributed by atoms with E-state index in [1.807, 2.05) is 43.3 Å². The van der Waals surface area contributed by atoms with Gasteiger partial charge >= 0.3 is 0 Å². The number of benzene rings is 2. The van der Waals surface area contributed by atoms with Crippen LogP contribution in [0.1, 0.15) is 28.4 Å². The third-order valence-electron chi connectivity index (χ3n) is 3.48. The Morgan fingerprint density at radius 1 is 1.00 bits per heavy atom. The van der Waals surface area contributed by atoms with Crippen LogP contribution in [0.25, 0.3) is 0 Å². The molecule has 0 saturated carbocycles. The van der Waals surface area contributed by atoms with Crippen molar-refractivity contribution in [3.8, 4) is 0 Å². The van der Waals surface area contributed by atoms with Crippen molar-refractivity contribution in [2.24, 2.45) is 0 Å². The molecule has 0 aliphatic rings. The zero-order valence-corrected chi connectivity index (χ0v) is 12.7. The Hall–Kier alpha value is -1.80. The summed E-state index contributed by atoms with van der Waals surface area (Å²) in [7, 11) is 4.02. The van der Waals surface area contributed by atoms with Crippen LogP contribution >= 0.6 is 0 Å². The van der Waals surface area contributed by atoms with Crippen molar-refractivity contribution in [2.45, 2.75) is 26.4 Å². The van der Waals surface area contributed by atoms with E-state index in [4.69, 9.17) is 0 Å². The van der Waals surface area contributed by atoms with Gasteiger partial charge in [-0.15, -0.1) is 0 Å². The second-order valence-corrected chi connectivity index (χ2v) is 5.71. The average Bonchev–Trinajstić information content (AvgIpc) is 2.37. The first-order chi connectivity index (χ1) is 9.45. The monoisotopic (exact) mass is 269 g/mol. The van der Waals surface area contributed by atoms with Crippen molar-refractivity contribution in [1.82, 2.24) is 0 Å². The lowest BCUT2D eigenvalue weighted by molar-refractivity contribution is 0.178. The molecule has 0 radical (unpaired) electrons. The predicted molar refractivity (Wildman–Crippen MR) is 85.3 cm³/mol. The molecular weight excluding hydrogens is 246 g/mol. The van der Waals surface area contributed by atoms with E-state index in [1.54, 1.807) is 0 Å². The summed E-state index contributed by atoms with van der Waals surface area (Å²) in [6, 6.07) is 14.5. The molecule has 2 aromatic carbocycles. The summed E-state index contributed by atoms with van der Waals surface area (Å²) in [5.41, 5.74) is 5.76. The second kappa shape index (κ2) is 6.10. The topological polar surface area (TPSA) is 23.5 Å². The molecule has 2 nitrogen and oxygen atoms in total. The van der Waals surface area contributed by atoms with E-state index in [1.165, 1.54) is 16.7 Å². The molecule has 0 aromatic heterocycles. The van der Waals surface area contributed by atoms with Crippen LogP contribution in [0, 0.1) is 13.8 Å². The number of aryl methyl sites for hydroxylation is 2. The number of aliphatic hydroxyl groups excluding tert-OH is 1. The largest absolute Gasteiger partial charge is 0.388 e. The van der Waals surface area contributed by atoms with E-state index in [9.17, 15) is 5.11 Å². The highest BCUT2D eigenvalue weighted by Crippen LogP contribution is 2.23. The second-order valence-electron chi connectivity index (χ2n) is 5.71. The minimum absolute atomic E-state index is 0.462. The maximum absolute atomic E-state index is 10.4. The Labute approximate surface area is 121 Å². The molecule has 2 rings (SSSR count). The molecule has 0 saturated heterocycles. The fourth-order valence-corrected chi connectivity index (χ4v) is 2.54. The molecule has 2 heteroatoms. The molecule has 20 heavy (non-hydrogen) atoms. The highest BCUT2D eigenvalue weighted by molar-refractivity contribution is 5.47. The number of aliphatic hydroxyl groups is 1. The summed E-state index contributed by atoms with van der Waals surface area (Å²) in [5, 5.41) is 10.4. The third-order valence-corrected chi connectivity index (χ3v) is 3.48. The Bertz CT molecular complexity index is 569. The summed E-state index contributed by atoms with van der Waals surface area (Å²) >= 11 is 0. The number of nitrogens with zero attached hydrogens (tertiary/aromatic N) is 1. The molecule has 0 aliphatic carbocycles. The molecule has 2 aromatic rings. The highest BCUT2D eigenvalue weighted by atomic mass is 16.3. The lowest BCUT2D eigenvalue weighted by Crippen LogP contribution is -2.10. The Morgan fingerprint density at radius 2 is 1.65 bits per heavy atom. The van der Waals surface area contributed by atoms with Crippen LogP contribution < -0.4 is 4.90 Å². The zero-order chi connectivity index (χ0) is 14.7. The fourth-order valence-electron chi connectivity index (χ4n) is 2.54. The first kappa shape index (κ1) is 14.6. The van der Waals surface area contributed by atoms with Gasteiger partial charge in [0, 0.05) is 26.2 Å². The maximum Gasteiger partial charge on any atom is 0.0831 e. The van der Waals surface area contributed by atoms with Crippen LogP contribution in [0.2, 0.25) is 0 Å². The molecule has 0 aliphatic heterocycles. The summed E-state index contributed by atoms with van der Waals surface area (Å²) in [4.78, 5) is 2.05. The minimum atomic E-state index is -0.462. The van der Waals surface area contributed by atoms with E-state index in [-0.39, 0.29) is 0 Å². The summed E-state index contributed by atoms with van der Waals surface area (Å²) in [6.07, 6.45) is 0.190. The molecule has 1 N–H and O–H groups in total. The van der Waals surface area contributed by atoms with Crippen LogP contribution in [0.4, 0.5) is 5.69 Å². The number of anilines is 1. The quantitative estimate of drug-likeness (QED) is 0.916. The van der Waals surface area contributed by atoms with Gasteiger partial charge in [0.15, 0.2) is 0 Å². The Morgan fingerprint density at radius 3 is 2.25 bits per heavy atom. The lowest BCUT2D eigenvalue weighted by atomic mass is 9.98. The first-order valence-electron chi connectivity index (χ1n) is 6.98.